The average Bonchev–Trinajstić information content (AvgIpc) is 3.66. The summed E-state index contributed by atoms with van der Waals surface area (Å²) < 4.78 is 86.1. The van der Waals surface area contributed by atoms with Gasteiger partial charge in [-0.15, -0.1) is 18.3 Å². The molecule has 1 saturated heterocycles. The number of amidine groups is 1. The number of anilines is 1. The third-order valence-corrected chi connectivity index (χ3v) is 7.96. The predicted octanol–water partition coefficient (Wildman–Crippen LogP) is 6.84. The second kappa shape index (κ2) is 14.2. The fraction of sp³-hybridized carbons (Fsp3) is 0.258. The molecule has 4 aromatic rings. The van der Waals surface area contributed by atoms with Crippen LogP contribution in [0, 0.1) is 6.92 Å². The van der Waals surface area contributed by atoms with Crippen LogP contribution in [0.5, 0.6) is 11.5 Å². The number of hydrogen-bond donors (Lipinski definition) is 1. The number of thioether (sulfide) groups is 1. The number of aliphatic imine (C=N–C) groups is 1. The van der Waals surface area contributed by atoms with Crippen molar-refractivity contribution in [3.05, 3.63) is 84.2 Å². The Balaban J connectivity index is 1.23. The van der Waals surface area contributed by atoms with E-state index in [-0.39, 0.29) is 34.1 Å². The first kappa shape index (κ1) is 35.2. The molecule has 1 aliphatic rings. The van der Waals surface area contributed by atoms with Gasteiger partial charge in [0.05, 0.1) is 23.2 Å². The van der Waals surface area contributed by atoms with E-state index in [1.807, 2.05) is 6.92 Å². The van der Waals surface area contributed by atoms with E-state index >= 15 is 0 Å². The Labute approximate surface area is 279 Å². The minimum absolute atomic E-state index is 0.0205. The molecule has 1 N–H and O–H groups in total. The minimum atomic E-state index is -4.80. The molecule has 2 heterocycles. The van der Waals surface area contributed by atoms with Crippen LogP contribution in [0.2, 0.25) is 0 Å². The number of halogens is 6. The number of nitrogens with zero attached hydrogens (tertiary/aromatic N) is 6. The summed E-state index contributed by atoms with van der Waals surface area (Å²) in [6.45, 7) is 1.96. The van der Waals surface area contributed by atoms with E-state index in [2.05, 4.69) is 25.2 Å². The Morgan fingerprint density at radius 3 is 2.41 bits per heavy atom. The maximum atomic E-state index is 12.9. The van der Waals surface area contributed by atoms with Gasteiger partial charge in [-0.2, -0.15) is 18.2 Å². The predicted molar refractivity (Wildman–Crippen MR) is 168 cm³/mol. The Kier molecular flexibility index (Phi) is 10.2. The van der Waals surface area contributed by atoms with Crippen molar-refractivity contribution in [3.63, 3.8) is 0 Å². The molecule has 258 valence electrons. The quantitative estimate of drug-likeness (QED) is 0.149. The van der Waals surface area contributed by atoms with Crippen LogP contribution in [0.4, 0.5) is 36.8 Å². The summed E-state index contributed by atoms with van der Waals surface area (Å²) in [4.78, 5) is 35.1. The summed E-state index contributed by atoms with van der Waals surface area (Å²) in [6.07, 6.45) is -7.97. The summed E-state index contributed by atoms with van der Waals surface area (Å²) in [5.74, 6) is -0.738. The van der Waals surface area contributed by atoms with E-state index in [1.54, 1.807) is 44.3 Å². The molecule has 0 bridgehead atoms. The van der Waals surface area contributed by atoms with Crippen molar-refractivity contribution in [2.45, 2.75) is 32.4 Å². The molecule has 1 atom stereocenters. The highest BCUT2D eigenvalue weighted by Crippen LogP contribution is 2.36. The molecular formula is C31H27F6N7O4S. The molecule has 18 heteroatoms. The van der Waals surface area contributed by atoms with Gasteiger partial charge in [0.1, 0.15) is 17.8 Å². The molecule has 5 rings (SSSR count). The lowest BCUT2D eigenvalue weighted by Crippen LogP contribution is -2.40. The SMILES string of the molecule is Cc1ccc(OCC(F)(F)F)c(N2C(=O)CSC2=NC(=O)NN(C)C(C)c2ccc(-c3ncn(-c4ccc(OC(F)(F)F)cc4)n3)cc2)c1. The molecule has 0 radical (unpaired) electrons. The molecule has 3 amide bonds. The monoisotopic (exact) mass is 707 g/mol. The van der Waals surface area contributed by atoms with Gasteiger partial charge >= 0.3 is 18.6 Å². The Morgan fingerprint density at radius 2 is 1.76 bits per heavy atom. The summed E-state index contributed by atoms with van der Waals surface area (Å²) in [5, 5.41) is 5.87. The van der Waals surface area contributed by atoms with Gasteiger partial charge in [-0.3, -0.25) is 15.1 Å². The van der Waals surface area contributed by atoms with Gasteiger partial charge in [0.25, 0.3) is 0 Å². The van der Waals surface area contributed by atoms with E-state index in [9.17, 15) is 35.9 Å². The van der Waals surface area contributed by atoms with Gasteiger partial charge in [-0.05, 0) is 61.4 Å². The number of hydrogen-bond acceptors (Lipinski definition) is 8. The van der Waals surface area contributed by atoms with Crippen molar-refractivity contribution < 1.29 is 45.4 Å². The Bertz CT molecular complexity index is 1850. The van der Waals surface area contributed by atoms with Crippen molar-refractivity contribution in [1.82, 2.24) is 25.2 Å². The van der Waals surface area contributed by atoms with Gasteiger partial charge in [-0.25, -0.2) is 19.5 Å². The first-order valence-corrected chi connectivity index (χ1v) is 15.3. The van der Waals surface area contributed by atoms with Gasteiger partial charge in [0.15, 0.2) is 17.6 Å². The molecule has 0 saturated carbocycles. The molecule has 11 nitrogen and oxygen atoms in total. The van der Waals surface area contributed by atoms with Crippen molar-refractivity contribution >= 4 is 34.6 Å². The molecule has 3 aromatic carbocycles. The molecule has 49 heavy (non-hydrogen) atoms. The van der Waals surface area contributed by atoms with Gasteiger partial charge in [0, 0.05) is 12.6 Å². The number of amides is 3. The van der Waals surface area contributed by atoms with Crippen molar-refractivity contribution in [1.29, 1.82) is 0 Å². The molecule has 1 unspecified atom stereocenters. The largest absolute Gasteiger partial charge is 0.573 e. The normalized spacial score (nSPS) is 15.2. The number of carbonyl (C=O) groups is 2. The number of hydrazine groups is 1. The lowest BCUT2D eigenvalue weighted by atomic mass is 10.1. The highest BCUT2D eigenvalue weighted by molar-refractivity contribution is 8.15. The van der Waals surface area contributed by atoms with Crippen LogP contribution in [-0.4, -0.2) is 68.8 Å². The maximum absolute atomic E-state index is 12.9. The van der Waals surface area contributed by atoms with E-state index in [1.165, 1.54) is 52.4 Å². The Morgan fingerprint density at radius 1 is 1.06 bits per heavy atom. The smallest absolute Gasteiger partial charge is 0.482 e. The number of ether oxygens (including phenoxy) is 2. The van der Waals surface area contributed by atoms with Crippen molar-refractivity contribution in [2.24, 2.45) is 4.99 Å². The zero-order chi connectivity index (χ0) is 35.5. The lowest BCUT2D eigenvalue weighted by Gasteiger charge is -2.25. The van der Waals surface area contributed by atoms with E-state index in [0.29, 0.717) is 22.6 Å². The number of urea groups is 1. The first-order valence-electron chi connectivity index (χ1n) is 14.3. The van der Waals surface area contributed by atoms with Crippen LogP contribution in [0.15, 0.2) is 78.0 Å². The topological polar surface area (TPSA) is 114 Å². The number of benzene rings is 3. The maximum Gasteiger partial charge on any atom is 0.573 e. The molecule has 0 aliphatic carbocycles. The summed E-state index contributed by atoms with van der Waals surface area (Å²) in [6, 6.07) is 15.4. The zero-order valence-corrected chi connectivity index (χ0v) is 26.7. The minimum Gasteiger partial charge on any atom is -0.482 e. The molecule has 0 spiro atoms. The van der Waals surface area contributed by atoms with Crippen LogP contribution < -0.4 is 19.8 Å². The first-order chi connectivity index (χ1) is 23.1. The van der Waals surface area contributed by atoms with Gasteiger partial charge < -0.3 is 9.47 Å². The summed E-state index contributed by atoms with van der Waals surface area (Å²) >= 11 is 0.963. The second-order valence-electron chi connectivity index (χ2n) is 10.7. The van der Waals surface area contributed by atoms with Crippen LogP contribution in [0.1, 0.15) is 24.1 Å². The van der Waals surface area contributed by atoms with Gasteiger partial charge in [-0.1, -0.05) is 42.1 Å². The number of aromatic nitrogens is 3. The second-order valence-corrected chi connectivity index (χ2v) is 11.6. The summed E-state index contributed by atoms with van der Waals surface area (Å²) in [7, 11) is 1.61. The highest BCUT2D eigenvalue weighted by atomic mass is 32.2. The number of rotatable bonds is 9. The van der Waals surface area contributed by atoms with Crippen molar-refractivity contribution in [3.8, 4) is 28.6 Å². The number of alkyl halides is 6. The highest BCUT2D eigenvalue weighted by Gasteiger charge is 2.35. The zero-order valence-electron chi connectivity index (χ0n) is 25.9. The third kappa shape index (κ3) is 9.08. The molecule has 1 aromatic heterocycles. The van der Waals surface area contributed by atoms with Crippen LogP contribution >= 0.6 is 11.8 Å². The standard InChI is InChI=1S/C31H27F6N7O4S/c1-18-4-13-25(47-16-30(32,33)34)24(14-18)44-26(45)15-49-29(44)39-28(46)41-42(3)19(2)20-5-7-21(8-6-20)27-38-17-43(40-27)22-9-11-23(12-10-22)48-31(35,36)37/h4-14,17,19H,15-16H2,1-3H3,(H,41,46). The van der Waals surface area contributed by atoms with Crippen LogP contribution in [0.3, 0.4) is 0 Å². The fourth-order valence-corrected chi connectivity index (χ4v) is 5.44. The van der Waals surface area contributed by atoms with Crippen molar-refractivity contribution in [2.75, 3.05) is 24.3 Å². The van der Waals surface area contributed by atoms with Gasteiger partial charge in [0.2, 0.25) is 5.91 Å². The lowest BCUT2D eigenvalue weighted by molar-refractivity contribution is -0.274. The van der Waals surface area contributed by atoms with E-state index in [0.717, 1.165) is 22.2 Å². The van der Waals surface area contributed by atoms with E-state index in [4.69, 9.17) is 4.74 Å². The van der Waals surface area contributed by atoms with Crippen LogP contribution in [0.25, 0.3) is 17.1 Å². The fourth-order valence-electron chi connectivity index (χ4n) is 4.58. The van der Waals surface area contributed by atoms with Crippen LogP contribution in [-0.2, 0) is 4.79 Å². The average molecular weight is 708 g/mol. The number of nitrogens with one attached hydrogen (secondary N) is 1. The number of aryl methyl sites for hydroxylation is 1. The Hall–Kier alpha value is -5.10. The number of carbonyl (C=O) groups excluding carboxylic acids is 2. The molecular weight excluding hydrogens is 680 g/mol. The third-order valence-electron chi connectivity index (χ3n) is 7.04. The van der Waals surface area contributed by atoms with E-state index < -0.39 is 31.1 Å². The summed E-state index contributed by atoms with van der Waals surface area (Å²) in [5.41, 5.74) is 5.23. The molecule has 1 fully saturated rings. The molecule has 1 aliphatic heterocycles.